The minimum Gasteiger partial charge on any atom is -0.493 e. The summed E-state index contributed by atoms with van der Waals surface area (Å²) < 4.78 is 22.6. The maximum absolute atomic E-state index is 12.2. The van der Waals surface area contributed by atoms with Crippen molar-refractivity contribution in [2.45, 2.75) is 12.3 Å². The van der Waals surface area contributed by atoms with Crippen LogP contribution in [0.5, 0.6) is 11.5 Å². The second-order valence-corrected chi connectivity index (χ2v) is 7.78. The number of hydrogen-bond acceptors (Lipinski definition) is 5. The molecule has 5 nitrogen and oxygen atoms in total. The first-order valence-electron chi connectivity index (χ1n) is 7.17. The Labute approximate surface area is 137 Å². The third-order valence-corrected chi connectivity index (χ3v) is 5.77. The molecule has 0 radical (unpaired) electrons. The summed E-state index contributed by atoms with van der Waals surface area (Å²) in [5.74, 6) is 2.78. The Kier molecular flexibility index (Phi) is 6.57. The zero-order valence-corrected chi connectivity index (χ0v) is 14.5. The van der Waals surface area contributed by atoms with Crippen molar-refractivity contribution in [3.05, 3.63) is 24.3 Å². The Morgan fingerprint density at radius 1 is 1.41 bits per heavy atom. The van der Waals surface area contributed by atoms with Crippen LogP contribution >= 0.6 is 11.8 Å². The van der Waals surface area contributed by atoms with E-state index in [2.05, 4.69) is 0 Å². The standard InChI is InChI=1S/C15H21NO4S2/c1-3-22(18)11-14(17)16-8-9-21-15(16)10-20-13-7-5-4-6-12(13)19-2/h4-7,15H,3,8-11H2,1-2H3. The van der Waals surface area contributed by atoms with Crippen LogP contribution in [0.15, 0.2) is 24.3 Å². The van der Waals surface area contributed by atoms with Gasteiger partial charge in [-0.25, -0.2) is 0 Å². The molecule has 1 aromatic carbocycles. The molecule has 1 aliphatic heterocycles. The molecule has 2 unspecified atom stereocenters. The SMILES string of the molecule is CCS(=O)CC(=O)N1CCSC1COc1ccccc1OC. The molecular weight excluding hydrogens is 322 g/mol. The highest BCUT2D eigenvalue weighted by atomic mass is 32.2. The lowest BCUT2D eigenvalue weighted by Gasteiger charge is -2.24. The molecule has 2 atom stereocenters. The van der Waals surface area contributed by atoms with Gasteiger partial charge in [-0.05, 0) is 12.1 Å². The van der Waals surface area contributed by atoms with Crippen LogP contribution in [-0.4, -0.2) is 57.9 Å². The van der Waals surface area contributed by atoms with Crippen LogP contribution in [0.1, 0.15) is 6.92 Å². The van der Waals surface area contributed by atoms with Crippen molar-refractivity contribution in [2.24, 2.45) is 0 Å². The van der Waals surface area contributed by atoms with Crippen molar-refractivity contribution in [3.63, 3.8) is 0 Å². The van der Waals surface area contributed by atoms with Crippen molar-refractivity contribution in [3.8, 4) is 11.5 Å². The monoisotopic (exact) mass is 343 g/mol. The molecule has 22 heavy (non-hydrogen) atoms. The third kappa shape index (κ3) is 4.39. The molecule has 1 fully saturated rings. The lowest BCUT2D eigenvalue weighted by molar-refractivity contribution is -0.128. The van der Waals surface area contributed by atoms with Gasteiger partial charge in [-0.15, -0.1) is 11.8 Å². The van der Waals surface area contributed by atoms with E-state index in [0.717, 1.165) is 5.75 Å². The predicted octanol–water partition coefficient (Wildman–Crippen LogP) is 1.74. The van der Waals surface area contributed by atoms with Gasteiger partial charge in [0.1, 0.15) is 17.7 Å². The van der Waals surface area contributed by atoms with Crippen molar-refractivity contribution >= 4 is 28.5 Å². The number of carbonyl (C=O) groups is 1. The van der Waals surface area contributed by atoms with Crippen LogP contribution in [0.3, 0.4) is 0 Å². The second-order valence-electron chi connectivity index (χ2n) is 4.75. The first-order valence-corrected chi connectivity index (χ1v) is 9.71. The highest BCUT2D eigenvalue weighted by molar-refractivity contribution is 8.00. The molecule has 2 rings (SSSR count). The number of para-hydroxylation sites is 2. The molecule has 0 aromatic heterocycles. The number of carbonyl (C=O) groups excluding carboxylic acids is 1. The van der Waals surface area contributed by atoms with E-state index in [1.165, 1.54) is 0 Å². The Morgan fingerprint density at radius 3 is 2.82 bits per heavy atom. The van der Waals surface area contributed by atoms with Gasteiger partial charge in [0.15, 0.2) is 11.5 Å². The second kappa shape index (κ2) is 8.43. The lowest BCUT2D eigenvalue weighted by atomic mass is 10.3. The van der Waals surface area contributed by atoms with Crippen LogP contribution < -0.4 is 9.47 Å². The van der Waals surface area contributed by atoms with Crippen molar-refractivity contribution in [1.29, 1.82) is 0 Å². The number of thioether (sulfide) groups is 1. The van der Waals surface area contributed by atoms with E-state index in [1.807, 2.05) is 31.2 Å². The average molecular weight is 343 g/mol. The summed E-state index contributed by atoms with van der Waals surface area (Å²) >= 11 is 1.69. The van der Waals surface area contributed by atoms with E-state index in [1.54, 1.807) is 23.8 Å². The van der Waals surface area contributed by atoms with Gasteiger partial charge in [-0.3, -0.25) is 9.00 Å². The molecule has 0 aliphatic carbocycles. The van der Waals surface area contributed by atoms with Crippen LogP contribution in [-0.2, 0) is 15.6 Å². The normalized spacial score (nSPS) is 19.0. The summed E-state index contributed by atoms with van der Waals surface area (Å²) in [7, 11) is 0.525. The zero-order chi connectivity index (χ0) is 15.9. The Hall–Kier alpha value is -1.21. The zero-order valence-electron chi connectivity index (χ0n) is 12.8. The Morgan fingerprint density at radius 2 is 2.14 bits per heavy atom. The minimum absolute atomic E-state index is 0.0359. The van der Waals surface area contributed by atoms with Gasteiger partial charge >= 0.3 is 0 Å². The van der Waals surface area contributed by atoms with Gasteiger partial charge in [0.25, 0.3) is 0 Å². The lowest BCUT2D eigenvalue weighted by Crippen LogP contribution is -2.40. The first kappa shape index (κ1) is 17.1. The summed E-state index contributed by atoms with van der Waals surface area (Å²) in [5.41, 5.74) is 0. The number of ether oxygens (including phenoxy) is 2. The summed E-state index contributed by atoms with van der Waals surface area (Å²) in [6.07, 6.45) is 0. The van der Waals surface area contributed by atoms with E-state index in [9.17, 15) is 9.00 Å². The fourth-order valence-corrected chi connectivity index (χ4v) is 3.95. The highest BCUT2D eigenvalue weighted by Gasteiger charge is 2.30. The van der Waals surface area contributed by atoms with E-state index >= 15 is 0 Å². The molecule has 0 N–H and O–H groups in total. The molecule has 122 valence electrons. The largest absolute Gasteiger partial charge is 0.493 e. The van der Waals surface area contributed by atoms with E-state index in [4.69, 9.17) is 9.47 Å². The highest BCUT2D eigenvalue weighted by Crippen LogP contribution is 2.29. The Balaban J connectivity index is 1.94. The number of nitrogens with zero attached hydrogens (tertiary/aromatic N) is 1. The van der Waals surface area contributed by atoms with Crippen LogP contribution in [0.2, 0.25) is 0 Å². The molecule has 0 saturated carbocycles. The summed E-state index contributed by atoms with van der Waals surface area (Å²) in [6, 6.07) is 7.44. The fourth-order valence-electron chi connectivity index (χ4n) is 2.17. The molecule has 1 saturated heterocycles. The first-order chi connectivity index (χ1) is 10.7. The molecule has 1 amide bonds. The molecular formula is C15H21NO4S2. The average Bonchev–Trinajstić information content (AvgIpc) is 3.01. The Bertz CT molecular complexity index is 538. The summed E-state index contributed by atoms with van der Waals surface area (Å²) in [6.45, 7) is 2.91. The van der Waals surface area contributed by atoms with E-state index in [-0.39, 0.29) is 17.0 Å². The smallest absolute Gasteiger partial charge is 0.236 e. The number of rotatable bonds is 7. The quantitative estimate of drug-likeness (QED) is 0.755. The molecule has 7 heteroatoms. The number of benzene rings is 1. The van der Waals surface area contributed by atoms with Crippen molar-refractivity contribution in [1.82, 2.24) is 4.90 Å². The van der Waals surface area contributed by atoms with Gasteiger partial charge in [0.2, 0.25) is 5.91 Å². The molecule has 0 spiro atoms. The van der Waals surface area contributed by atoms with Crippen molar-refractivity contribution in [2.75, 3.05) is 37.5 Å². The topological polar surface area (TPSA) is 55.8 Å². The number of methoxy groups -OCH3 is 1. The van der Waals surface area contributed by atoms with E-state index in [0.29, 0.717) is 30.4 Å². The van der Waals surface area contributed by atoms with Gasteiger partial charge in [-0.1, -0.05) is 19.1 Å². The van der Waals surface area contributed by atoms with Crippen LogP contribution in [0.25, 0.3) is 0 Å². The molecule has 0 bridgehead atoms. The number of hydrogen-bond donors (Lipinski definition) is 0. The van der Waals surface area contributed by atoms with Gasteiger partial charge in [0.05, 0.1) is 7.11 Å². The van der Waals surface area contributed by atoms with E-state index < -0.39 is 10.8 Å². The fraction of sp³-hybridized carbons (Fsp3) is 0.533. The summed E-state index contributed by atoms with van der Waals surface area (Å²) in [5, 5.41) is -0.0359. The van der Waals surface area contributed by atoms with Gasteiger partial charge < -0.3 is 14.4 Å². The van der Waals surface area contributed by atoms with Gasteiger partial charge in [0, 0.05) is 28.9 Å². The summed E-state index contributed by atoms with van der Waals surface area (Å²) in [4.78, 5) is 14.0. The maximum atomic E-state index is 12.2. The minimum atomic E-state index is -1.07. The third-order valence-electron chi connectivity index (χ3n) is 3.37. The molecule has 1 aliphatic rings. The van der Waals surface area contributed by atoms with Crippen LogP contribution in [0, 0.1) is 0 Å². The molecule has 1 heterocycles. The molecule has 1 aromatic rings. The predicted molar refractivity (Wildman–Crippen MR) is 90.0 cm³/mol. The van der Waals surface area contributed by atoms with Crippen LogP contribution in [0.4, 0.5) is 0 Å². The maximum Gasteiger partial charge on any atom is 0.236 e. The van der Waals surface area contributed by atoms with Gasteiger partial charge in [-0.2, -0.15) is 0 Å². The number of amides is 1. The van der Waals surface area contributed by atoms with Crippen molar-refractivity contribution < 1.29 is 18.5 Å².